The number of hydrogen-bond acceptors (Lipinski definition) is 14. The number of hydrogen-bond donors (Lipinski definition) is 3. The summed E-state index contributed by atoms with van der Waals surface area (Å²) in [5.41, 5.74) is 6.50. The van der Waals surface area contributed by atoms with Crippen molar-refractivity contribution in [3.05, 3.63) is 60.2 Å². The average molecular weight is 859 g/mol. The van der Waals surface area contributed by atoms with E-state index in [0.29, 0.717) is 35.3 Å². The molecule has 2 aromatic carbocycles. The molecular weight excluding hydrogens is 806 g/mol. The number of rotatable bonds is 8. The van der Waals surface area contributed by atoms with Crippen molar-refractivity contribution in [2.24, 2.45) is 5.73 Å². The van der Waals surface area contributed by atoms with Crippen LogP contribution in [0.2, 0.25) is 0 Å². The lowest BCUT2D eigenvalue weighted by Gasteiger charge is -2.39. The molecule has 4 N–H and O–H groups in total. The minimum absolute atomic E-state index is 0. The average Bonchev–Trinajstić information content (AvgIpc) is 3.84. The summed E-state index contributed by atoms with van der Waals surface area (Å²) in [5.74, 6) is 1.30. The minimum Gasteiger partial charge on any atom is -0.379 e. The number of carbonyl (C=O) groups excluding carboxylic acids is 2. The van der Waals surface area contributed by atoms with E-state index in [1.54, 1.807) is 47.5 Å². The van der Waals surface area contributed by atoms with E-state index in [4.69, 9.17) is 26.8 Å². The lowest BCUT2D eigenvalue weighted by atomic mass is 9.90. The Morgan fingerprint density at radius 1 is 0.644 bits per heavy atom. The topological polar surface area (TPSA) is 161 Å². The van der Waals surface area contributed by atoms with Crippen LogP contribution in [0.15, 0.2) is 49.1 Å². The van der Waals surface area contributed by atoms with E-state index in [1.165, 1.54) is 25.7 Å². The number of thiophene rings is 2. The summed E-state index contributed by atoms with van der Waals surface area (Å²) in [6, 6.07) is 13.3. The van der Waals surface area contributed by atoms with Gasteiger partial charge in [0.25, 0.3) is 5.24 Å². The number of nitrogens with zero attached hydrogens (tertiary/aromatic N) is 6. The first-order chi connectivity index (χ1) is 28.4. The quantitative estimate of drug-likeness (QED) is 0.127. The second kappa shape index (κ2) is 18.7. The Labute approximate surface area is 357 Å². The molecule has 59 heavy (non-hydrogen) atoms. The summed E-state index contributed by atoms with van der Waals surface area (Å²) in [6.45, 7) is 7.64. The first kappa shape index (κ1) is 41.6. The largest absolute Gasteiger partial charge is 0.379 e. The fourth-order valence-corrected chi connectivity index (χ4v) is 11.3. The molecule has 0 radical (unpaired) electrons. The van der Waals surface area contributed by atoms with Gasteiger partial charge < -0.3 is 25.8 Å². The molecule has 0 spiro atoms. The summed E-state index contributed by atoms with van der Waals surface area (Å²) in [7, 11) is 0. The molecule has 2 aliphatic heterocycles. The van der Waals surface area contributed by atoms with Crippen LogP contribution < -0.4 is 16.4 Å². The van der Waals surface area contributed by atoms with E-state index >= 15 is 0 Å². The van der Waals surface area contributed by atoms with Crippen LogP contribution in [0.4, 0.5) is 11.6 Å². The van der Waals surface area contributed by atoms with Gasteiger partial charge >= 0.3 is 0 Å². The summed E-state index contributed by atoms with van der Waals surface area (Å²) in [5, 5.41) is 10.9. The SMILES string of the molecule is C.NC(=O)c1ccc2sc3ncnc(NC4CCC(N5CCOCC5)CC4)c3c2c1.O=C(Cl)c1ccc2sc3ncnc(NC4CCC(N5CCOCC5)CC4)c3c2c1. The Morgan fingerprint density at radius 2 is 1.07 bits per heavy atom. The number of benzene rings is 2. The predicted octanol–water partition coefficient (Wildman–Crippen LogP) is 7.91. The van der Waals surface area contributed by atoms with Crippen LogP contribution in [0, 0.1) is 0 Å². The third-order valence-corrected chi connectivity index (χ3v) is 14.6. The van der Waals surface area contributed by atoms with Crippen LogP contribution in [-0.4, -0.2) is 118 Å². The Kier molecular flexibility index (Phi) is 13.2. The van der Waals surface area contributed by atoms with Crippen LogP contribution in [-0.2, 0) is 9.47 Å². The van der Waals surface area contributed by atoms with E-state index < -0.39 is 11.1 Å². The molecule has 13 nitrogen and oxygen atoms in total. The summed E-state index contributed by atoms with van der Waals surface area (Å²) in [4.78, 5) is 48.3. The van der Waals surface area contributed by atoms with Gasteiger partial charge in [-0.3, -0.25) is 19.4 Å². The molecule has 0 atom stereocenters. The van der Waals surface area contributed by atoms with Gasteiger partial charge in [-0.25, -0.2) is 19.9 Å². The van der Waals surface area contributed by atoms with Crippen molar-refractivity contribution in [1.29, 1.82) is 0 Å². The van der Waals surface area contributed by atoms with Gasteiger partial charge in [0.05, 0.1) is 37.2 Å². The lowest BCUT2D eigenvalue weighted by molar-refractivity contribution is 0.00788. The number of anilines is 2. The molecule has 2 aliphatic carbocycles. The molecule has 0 bridgehead atoms. The standard InChI is InChI=1S/C21H23ClN4O2S.C21H25N5O2S.CH4/c2*22-19(27)13-1-6-17-16(11-13)18-20(23-12-24-21(18)29-17)25-14-2-4-15(5-3-14)26-7-9-28-10-8-26;/h1,6,11-12,14-15H,2-5,7-10H2,(H,23,24,25);1,6,11-12,14-15H,2-5,7-10H2,(H2,22,27)(H,23,24,25);1H4. The molecular formula is C43H52ClN9O4S2. The van der Waals surface area contributed by atoms with Crippen molar-refractivity contribution in [3.63, 3.8) is 0 Å². The summed E-state index contributed by atoms with van der Waals surface area (Å²) < 4.78 is 13.1. The van der Waals surface area contributed by atoms with Crippen molar-refractivity contribution in [1.82, 2.24) is 29.7 Å². The normalized spacial score (nSPS) is 23.1. The van der Waals surface area contributed by atoms with Gasteiger partial charge in [0.15, 0.2) is 0 Å². The smallest absolute Gasteiger partial charge is 0.252 e. The number of halogens is 1. The molecule has 4 aliphatic rings. The highest BCUT2D eigenvalue weighted by Gasteiger charge is 2.29. The number of primary amides is 1. The first-order valence-corrected chi connectivity index (χ1v) is 22.4. The maximum atomic E-state index is 11.6. The second-order valence-corrected chi connectivity index (χ2v) is 18.1. The van der Waals surface area contributed by atoms with Crippen molar-refractivity contribution in [2.75, 3.05) is 63.2 Å². The van der Waals surface area contributed by atoms with Gasteiger partial charge in [0.2, 0.25) is 5.91 Å². The molecule has 4 aromatic heterocycles. The van der Waals surface area contributed by atoms with E-state index in [1.807, 2.05) is 24.3 Å². The molecule has 10 rings (SSSR count). The van der Waals surface area contributed by atoms with E-state index in [0.717, 1.165) is 131 Å². The predicted molar refractivity (Wildman–Crippen MR) is 239 cm³/mol. The van der Waals surface area contributed by atoms with Gasteiger partial charge in [0, 0.05) is 81.6 Å². The summed E-state index contributed by atoms with van der Waals surface area (Å²) >= 11 is 8.93. The van der Waals surface area contributed by atoms with Crippen LogP contribution in [0.25, 0.3) is 40.6 Å². The maximum absolute atomic E-state index is 11.6. The number of fused-ring (bicyclic) bond motifs is 6. The van der Waals surface area contributed by atoms with E-state index in [9.17, 15) is 9.59 Å². The maximum Gasteiger partial charge on any atom is 0.252 e. The van der Waals surface area contributed by atoms with Crippen molar-refractivity contribution < 1.29 is 19.1 Å². The van der Waals surface area contributed by atoms with Gasteiger partial charge in [-0.1, -0.05) is 7.43 Å². The Morgan fingerprint density at radius 3 is 1.49 bits per heavy atom. The highest BCUT2D eigenvalue weighted by molar-refractivity contribution is 7.26. The van der Waals surface area contributed by atoms with Crippen molar-refractivity contribution in [3.8, 4) is 0 Å². The molecule has 6 heterocycles. The fourth-order valence-electron chi connectivity index (χ4n) is 9.15. The number of ether oxygens (including phenoxy) is 2. The third kappa shape index (κ3) is 9.16. The van der Waals surface area contributed by atoms with Crippen molar-refractivity contribution >= 4 is 97.7 Å². The number of carbonyl (C=O) groups is 2. The molecule has 312 valence electrons. The molecule has 16 heteroatoms. The summed E-state index contributed by atoms with van der Waals surface area (Å²) in [6.07, 6.45) is 12.5. The lowest BCUT2D eigenvalue weighted by Crippen LogP contribution is -2.46. The van der Waals surface area contributed by atoms with E-state index in [-0.39, 0.29) is 7.43 Å². The van der Waals surface area contributed by atoms with Crippen LogP contribution in [0.3, 0.4) is 0 Å². The van der Waals surface area contributed by atoms with Gasteiger partial charge in [0.1, 0.15) is 34.0 Å². The highest BCUT2D eigenvalue weighted by Crippen LogP contribution is 2.39. The van der Waals surface area contributed by atoms with Crippen molar-refractivity contribution in [2.45, 2.75) is 83.0 Å². The molecule has 1 amide bonds. The zero-order valence-electron chi connectivity index (χ0n) is 32.3. The zero-order valence-corrected chi connectivity index (χ0v) is 34.7. The Balaban J connectivity index is 0.000000161. The molecule has 6 aromatic rings. The van der Waals surface area contributed by atoms with Gasteiger partial charge in [-0.2, -0.15) is 0 Å². The number of aromatic nitrogens is 4. The fraction of sp³-hybridized carbons (Fsp3) is 0.488. The van der Waals surface area contributed by atoms with Gasteiger partial charge in [-0.15, -0.1) is 22.7 Å². The molecule has 2 saturated heterocycles. The molecule has 4 fully saturated rings. The molecule has 0 unspecified atom stereocenters. The first-order valence-electron chi connectivity index (χ1n) is 20.4. The van der Waals surface area contributed by atoms with Crippen LogP contribution >= 0.6 is 34.3 Å². The third-order valence-electron chi connectivity index (χ3n) is 12.2. The highest BCUT2D eigenvalue weighted by atomic mass is 35.5. The number of morpholine rings is 2. The van der Waals surface area contributed by atoms with E-state index in [2.05, 4.69) is 40.4 Å². The van der Waals surface area contributed by atoms with Crippen LogP contribution in [0.1, 0.15) is 79.5 Å². The number of nitrogens with one attached hydrogen (secondary N) is 2. The number of amides is 1. The minimum atomic E-state index is -0.445. The van der Waals surface area contributed by atoms with Gasteiger partial charge in [-0.05, 0) is 99.4 Å². The number of nitrogens with two attached hydrogens (primary N) is 1. The molecule has 2 saturated carbocycles. The monoisotopic (exact) mass is 857 g/mol. The Bertz CT molecular complexity index is 2250. The second-order valence-electron chi connectivity index (χ2n) is 15.7. The zero-order chi connectivity index (χ0) is 39.6. The van der Waals surface area contributed by atoms with Crippen LogP contribution in [0.5, 0.6) is 0 Å². The Hall–Kier alpha value is -4.09.